The lowest BCUT2D eigenvalue weighted by Crippen LogP contribution is -2.40. The van der Waals surface area contributed by atoms with Crippen LogP contribution in [0.15, 0.2) is 35.5 Å². The van der Waals surface area contributed by atoms with Crippen LogP contribution in [0.4, 0.5) is 5.69 Å². The van der Waals surface area contributed by atoms with Crippen molar-refractivity contribution in [1.29, 1.82) is 0 Å². The summed E-state index contributed by atoms with van der Waals surface area (Å²) in [7, 11) is 0. The first kappa shape index (κ1) is 21.8. The topological polar surface area (TPSA) is 88.9 Å². The maximum absolute atomic E-state index is 12.7. The predicted molar refractivity (Wildman–Crippen MR) is 121 cm³/mol. The molecule has 1 amide bonds. The van der Waals surface area contributed by atoms with Crippen LogP contribution in [0.2, 0.25) is 5.02 Å². The van der Waals surface area contributed by atoms with Crippen LogP contribution in [-0.4, -0.2) is 26.7 Å². The molecule has 2 fully saturated rings. The number of amides is 1. The number of anilines is 1. The van der Waals surface area contributed by atoms with Crippen molar-refractivity contribution in [2.45, 2.75) is 70.5 Å². The highest BCUT2D eigenvalue weighted by Crippen LogP contribution is 2.41. The molecule has 31 heavy (non-hydrogen) atoms. The van der Waals surface area contributed by atoms with Crippen molar-refractivity contribution in [3.05, 3.63) is 51.7 Å². The van der Waals surface area contributed by atoms with Gasteiger partial charge in [-0.25, -0.2) is 4.68 Å². The Bertz CT molecular complexity index is 962. The van der Waals surface area contributed by atoms with Gasteiger partial charge in [-0.3, -0.25) is 14.6 Å². The Morgan fingerprint density at radius 1 is 1.19 bits per heavy atom. The molecule has 0 saturated heterocycles. The van der Waals surface area contributed by atoms with Crippen molar-refractivity contribution >= 4 is 23.2 Å². The van der Waals surface area contributed by atoms with Crippen LogP contribution in [-0.2, 0) is 11.3 Å². The van der Waals surface area contributed by atoms with Gasteiger partial charge in [-0.15, -0.1) is 0 Å². The fourth-order valence-corrected chi connectivity index (χ4v) is 5.36. The van der Waals surface area contributed by atoms with Crippen molar-refractivity contribution in [1.82, 2.24) is 20.1 Å². The maximum atomic E-state index is 12.7. The number of hydrogen-bond donors (Lipinski definition) is 2. The molecule has 2 aromatic rings. The molecule has 0 aliphatic heterocycles. The molecule has 2 aromatic heterocycles. The van der Waals surface area contributed by atoms with Gasteiger partial charge in [0.1, 0.15) is 11.6 Å². The minimum atomic E-state index is -0.450. The molecule has 4 rings (SSSR count). The number of halogens is 1. The van der Waals surface area contributed by atoms with Gasteiger partial charge in [0.25, 0.3) is 5.56 Å². The first-order valence-electron chi connectivity index (χ1n) is 11.2. The fourth-order valence-electron chi connectivity index (χ4n) is 5.15. The zero-order valence-corrected chi connectivity index (χ0v) is 18.6. The molecule has 2 aliphatic carbocycles. The Kier molecular flexibility index (Phi) is 6.90. The van der Waals surface area contributed by atoms with Gasteiger partial charge in [-0.05, 0) is 49.3 Å². The number of carbonyl (C=O) groups excluding carboxylic acids is 1. The maximum Gasteiger partial charge on any atom is 0.288 e. The third kappa shape index (κ3) is 5.09. The highest BCUT2D eigenvalue weighted by atomic mass is 35.5. The summed E-state index contributed by atoms with van der Waals surface area (Å²) in [5.41, 5.74) is 1.06. The normalized spacial score (nSPS) is 24.1. The summed E-state index contributed by atoms with van der Waals surface area (Å²) < 4.78 is 1.12. The molecular weight excluding hydrogens is 414 g/mol. The molecule has 2 unspecified atom stereocenters. The zero-order valence-electron chi connectivity index (χ0n) is 17.9. The summed E-state index contributed by atoms with van der Waals surface area (Å²) >= 11 is 6.40. The van der Waals surface area contributed by atoms with E-state index in [1.807, 2.05) is 19.1 Å². The molecule has 2 heterocycles. The van der Waals surface area contributed by atoms with Crippen LogP contribution in [0.3, 0.4) is 0 Å². The second-order valence-corrected chi connectivity index (χ2v) is 9.17. The lowest BCUT2D eigenvalue weighted by Gasteiger charge is -2.42. The van der Waals surface area contributed by atoms with Gasteiger partial charge in [0.15, 0.2) is 0 Å². The third-order valence-corrected chi connectivity index (χ3v) is 7.14. The summed E-state index contributed by atoms with van der Waals surface area (Å²) in [4.78, 5) is 29.2. The highest BCUT2D eigenvalue weighted by Gasteiger charge is 2.35. The van der Waals surface area contributed by atoms with Gasteiger partial charge < -0.3 is 10.6 Å². The highest BCUT2D eigenvalue weighted by molar-refractivity contribution is 6.32. The van der Waals surface area contributed by atoms with E-state index in [0.717, 1.165) is 22.6 Å². The van der Waals surface area contributed by atoms with Crippen LogP contribution in [0.25, 0.3) is 0 Å². The molecular formula is C23H30ClN5O2. The Morgan fingerprint density at radius 3 is 2.74 bits per heavy atom. The second kappa shape index (κ2) is 9.81. The largest absolute Gasteiger partial charge is 0.379 e. The van der Waals surface area contributed by atoms with E-state index in [4.69, 9.17) is 11.6 Å². The average molecular weight is 444 g/mol. The second-order valence-electron chi connectivity index (χ2n) is 8.79. The van der Waals surface area contributed by atoms with Crippen LogP contribution in [0.5, 0.6) is 0 Å². The average Bonchev–Trinajstić information content (AvgIpc) is 2.79. The lowest BCUT2D eigenvalue weighted by molar-refractivity contribution is -0.122. The molecule has 2 saturated carbocycles. The van der Waals surface area contributed by atoms with Gasteiger partial charge in [-0.1, -0.05) is 43.7 Å². The van der Waals surface area contributed by atoms with Crippen molar-refractivity contribution in [2.24, 2.45) is 11.8 Å². The van der Waals surface area contributed by atoms with E-state index >= 15 is 0 Å². The molecule has 4 atom stereocenters. The molecule has 0 bridgehead atoms. The Labute approximate surface area is 187 Å². The number of carbonyl (C=O) groups is 1. The first-order chi connectivity index (χ1) is 15.0. The number of nitrogens with one attached hydrogen (secondary N) is 2. The lowest BCUT2D eigenvalue weighted by atomic mass is 9.68. The van der Waals surface area contributed by atoms with Crippen molar-refractivity contribution in [3.63, 3.8) is 0 Å². The molecule has 2 N–H and O–H groups in total. The van der Waals surface area contributed by atoms with Gasteiger partial charge in [0.2, 0.25) is 5.91 Å². The minimum Gasteiger partial charge on any atom is -0.379 e. The molecule has 0 spiro atoms. The minimum absolute atomic E-state index is 0.0999. The van der Waals surface area contributed by atoms with E-state index in [1.165, 1.54) is 38.5 Å². The van der Waals surface area contributed by atoms with Crippen LogP contribution in [0, 0.1) is 11.8 Å². The Morgan fingerprint density at radius 2 is 1.94 bits per heavy atom. The molecule has 0 aromatic carbocycles. The van der Waals surface area contributed by atoms with Crippen LogP contribution < -0.4 is 16.2 Å². The van der Waals surface area contributed by atoms with E-state index in [2.05, 4.69) is 20.7 Å². The zero-order chi connectivity index (χ0) is 21.8. The van der Waals surface area contributed by atoms with Crippen molar-refractivity contribution in [2.75, 3.05) is 5.32 Å². The fraction of sp³-hybridized carbons (Fsp3) is 0.565. The number of rotatable bonds is 6. The Balaban J connectivity index is 1.41. The summed E-state index contributed by atoms with van der Waals surface area (Å²) in [6.07, 6.45) is 13.7. The number of aromatic nitrogens is 3. The first-order valence-corrected chi connectivity index (χ1v) is 11.6. The Hall–Kier alpha value is -2.41. The predicted octanol–water partition coefficient (Wildman–Crippen LogP) is 3.94. The van der Waals surface area contributed by atoms with Gasteiger partial charge in [0.05, 0.1) is 17.9 Å². The number of hydrogen-bond acceptors (Lipinski definition) is 5. The van der Waals surface area contributed by atoms with E-state index < -0.39 is 5.56 Å². The quantitative estimate of drug-likeness (QED) is 0.705. The van der Waals surface area contributed by atoms with Gasteiger partial charge in [0, 0.05) is 18.4 Å². The van der Waals surface area contributed by atoms with Crippen LogP contribution >= 0.6 is 11.6 Å². The number of fused-ring (bicyclic) bond motifs is 1. The van der Waals surface area contributed by atoms with Gasteiger partial charge in [-0.2, -0.15) is 5.10 Å². The van der Waals surface area contributed by atoms with Gasteiger partial charge >= 0.3 is 0 Å². The smallest absolute Gasteiger partial charge is 0.288 e. The molecule has 8 heteroatoms. The van der Waals surface area contributed by atoms with Crippen molar-refractivity contribution in [3.8, 4) is 0 Å². The van der Waals surface area contributed by atoms with E-state index in [9.17, 15) is 9.59 Å². The molecule has 166 valence electrons. The summed E-state index contributed by atoms with van der Waals surface area (Å²) in [5, 5.41) is 10.7. The molecule has 2 aliphatic rings. The SMILES string of the molecule is CC(NC(=O)Cn1ncc(NC2CCC[C@@H]3CCCC[C@H]23)c(Cl)c1=O)c1ccncc1. The monoisotopic (exact) mass is 443 g/mol. The number of nitrogens with zero attached hydrogens (tertiary/aromatic N) is 3. The third-order valence-electron chi connectivity index (χ3n) is 6.78. The van der Waals surface area contributed by atoms with Crippen LogP contribution in [0.1, 0.15) is 63.5 Å². The van der Waals surface area contributed by atoms with Crippen molar-refractivity contribution < 1.29 is 4.79 Å². The molecule has 0 radical (unpaired) electrons. The summed E-state index contributed by atoms with van der Waals surface area (Å²) in [6.45, 7) is 1.70. The standard InChI is InChI=1S/C23H30ClN5O2/c1-15(16-9-11-25-12-10-16)27-21(30)14-29-23(31)22(24)20(13-26-29)28-19-8-4-6-17-5-2-3-7-18(17)19/h9-13,15,17-19,28H,2-8,14H2,1H3,(H,27,30)/t15?,17-,18-,19?/m0/s1. The number of pyridine rings is 1. The summed E-state index contributed by atoms with van der Waals surface area (Å²) in [6, 6.07) is 3.82. The van der Waals surface area contributed by atoms with E-state index in [1.54, 1.807) is 18.6 Å². The molecule has 7 nitrogen and oxygen atoms in total. The van der Waals surface area contributed by atoms with E-state index in [0.29, 0.717) is 17.6 Å². The van der Waals surface area contributed by atoms with E-state index in [-0.39, 0.29) is 23.5 Å². The summed E-state index contributed by atoms with van der Waals surface area (Å²) in [5.74, 6) is 1.12.